The minimum Gasteiger partial charge on any atom is -0.307 e. The van der Waals surface area contributed by atoms with E-state index in [1.165, 1.54) is 10.7 Å². The molecular formula is C12H15FN3O2+. The Bertz CT molecular complexity index is 577. The average Bonchev–Trinajstić information content (AvgIpc) is 2.67. The van der Waals surface area contributed by atoms with Crippen molar-refractivity contribution in [1.29, 1.82) is 0 Å². The van der Waals surface area contributed by atoms with Gasteiger partial charge in [0, 0.05) is 0 Å². The van der Waals surface area contributed by atoms with Crippen LogP contribution in [0.1, 0.15) is 11.3 Å². The van der Waals surface area contributed by atoms with E-state index < -0.39 is 5.63 Å². The summed E-state index contributed by atoms with van der Waals surface area (Å²) in [6.45, 7) is 0.975. The fourth-order valence-electron chi connectivity index (χ4n) is 1.68. The number of rotatable bonds is 5. The first kappa shape index (κ1) is 12.5. The molecule has 0 unspecified atom stereocenters. The minimum absolute atomic E-state index is 0.203. The molecule has 2 aromatic rings. The molecule has 0 amide bonds. The molecule has 1 aromatic heterocycles. The largest absolute Gasteiger partial charge is 0.431 e. The number of aromatic nitrogens is 2. The summed E-state index contributed by atoms with van der Waals surface area (Å²) in [6, 6.07) is 6.66. The van der Waals surface area contributed by atoms with Gasteiger partial charge in [-0.05, 0) is 29.9 Å². The highest BCUT2D eigenvalue weighted by Crippen LogP contribution is 2.06. The molecule has 0 fully saturated rings. The van der Waals surface area contributed by atoms with Crippen LogP contribution in [0.25, 0.3) is 0 Å². The standard InChI is InChI=1S/C12H14FN3O2/c1-16-11(12(17)18-15-16)8-14-7-6-9-4-2-3-5-10(9)13/h2-5,14H,6-8H2,1H3/p+1. The highest BCUT2D eigenvalue weighted by Gasteiger charge is 2.15. The van der Waals surface area contributed by atoms with E-state index in [2.05, 4.69) is 15.1 Å². The number of halogens is 1. The van der Waals surface area contributed by atoms with Gasteiger partial charge < -0.3 is 5.32 Å². The van der Waals surface area contributed by atoms with Gasteiger partial charge in [0.05, 0.1) is 6.54 Å². The predicted molar refractivity (Wildman–Crippen MR) is 62.3 cm³/mol. The monoisotopic (exact) mass is 252 g/mol. The number of hydrogen-bond donors (Lipinski definition) is 2. The summed E-state index contributed by atoms with van der Waals surface area (Å²) >= 11 is 0. The maximum absolute atomic E-state index is 13.3. The Morgan fingerprint density at radius 3 is 2.89 bits per heavy atom. The minimum atomic E-state index is -0.393. The molecule has 2 rings (SSSR count). The van der Waals surface area contributed by atoms with Gasteiger partial charge in [-0.2, -0.15) is 0 Å². The highest BCUT2D eigenvalue weighted by atomic mass is 19.1. The molecule has 6 heteroatoms. The first-order chi connectivity index (χ1) is 8.68. The molecule has 0 aliphatic heterocycles. The van der Waals surface area contributed by atoms with E-state index in [0.717, 1.165) is 0 Å². The molecular weight excluding hydrogens is 237 g/mol. The molecule has 0 radical (unpaired) electrons. The lowest BCUT2D eigenvalue weighted by Crippen LogP contribution is -2.39. The molecule has 1 aromatic carbocycles. The third-order valence-corrected chi connectivity index (χ3v) is 2.74. The Morgan fingerprint density at radius 2 is 2.22 bits per heavy atom. The number of aromatic amines is 1. The van der Waals surface area contributed by atoms with Crippen molar-refractivity contribution in [1.82, 2.24) is 10.6 Å². The summed E-state index contributed by atoms with van der Waals surface area (Å²) in [7, 11) is 1.69. The van der Waals surface area contributed by atoms with Crippen LogP contribution in [0.15, 0.2) is 33.6 Å². The van der Waals surface area contributed by atoms with Gasteiger partial charge in [0.15, 0.2) is 7.05 Å². The SMILES string of the molecule is C[n+]1[nH]oc(=O)c1CNCCc1ccccc1F. The summed E-state index contributed by atoms with van der Waals surface area (Å²) < 4.78 is 19.4. The number of aryl methyl sites for hydroxylation is 1. The topological polar surface area (TPSA) is 61.9 Å². The lowest BCUT2D eigenvalue weighted by atomic mass is 10.1. The zero-order chi connectivity index (χ0) is 13.0. The van der Waals surface area contributed by atoms with E-state index >= 15 is 0 Å². The predicted octanol–water partition coefficient (Wildman–Crippen LogP) is 0.264. The van der Waals surface area contributed by atoms with Crippen LogP contribution >= 0.6 is 0 Å². The van der Waals surface area contributed by atoms with Gasteiger partial charge in [-0.1, -0.05) is 22.9 Å². The molecule has 1 heterocycles. The van der Waals surface area contributed by atoms with Crippen molar-refractivity contribution in [3.8, 4) is 0 Å². The van der Waals surface area contributed by atoms with E-state index in [1.54, 1.807) is 25.2 Å². The normalized spacial score (nSPS) is 10.8. The Labute approximate surface area is 103 Å². The second kappa shape index (κ2) is 5.59. The van der Waals surface area contributed by atoms with E-state index in [1.807, 2.05) is 0 Å². The molecule has 96 valence electrons. The quantitative estimate of drug-likeness (QED) is 0.593. The molecule has 18 heavy (non-hydrogen) atoms. The third kappa shape index (κ3) is 2.84. The molecule has 0 aliphatic rings. The average molecular weight is 252 g/mol. The Balaban J connectivity index is 1.84. The van der Waals surface area contributed by atoms with Crippen LogP contribution in [-0.4, -0.2) is 11.8 Å². The van der Waals surface area contributed by atoms with Crippen molar-refractivity contribution in [2.24, 2.45) is 7.05 Å². The van der Waals surface area contributed by atoms with E-state index in [9.17, 15) is 9.18 Å². The van der Waals surface area contributed by atoms with Gasteiger partial charge in [0.1, 0.15) is 5.82 Å². The second-order valence-corrected chi connectivity index (χ2v) is 4.00. The fourth-order valence-corrected chi connectivity index (χ4v) is 1.68. The van der Waals surface area contributed by atoms with Crippen LogP contribution in [0.3, 0.4) is 0 Å². The van der Waals surface area contributed by atoms with Crippen LogP contribution < -0.4 is 15.6 Å². The lowest BCUT2D eigenvalue weighted by Gasteiger charge is -2.02. The van der Waals surface area contributed by atoms with Gasteiger partial charge in [0.2, 0.25) is 0 Å². The first-order valence-electron chi connectivity index (χ1n) is 5.69. The van der Waals surface area contributed by atoms with E-state index in [4.69, 9.17) is 0 Å². The zero-order valence-electron chi connectivity index (χ0n) is 10.1. The molecule has 0 atom stereocenters. The number of nitrogens with one attached hydrogen (secondary N) is 2. The first-order valence-corrected chi connectivity index (χ1v) is 5.69. The number of hydrogen-bond acceptors (Lipinski definition) is 3. The maximum atomic E-state index is 13.3. The van der Waals surface area contributed by atoms with Crippen LogP contribution in [0.2, 0.25) is 0 Å². The van der Waals surface area contributed by atoms with Crippen LogP contribution in [-0.2, 0) is 20.0 Å². The summed E-state index contributed by atoms with van der Waals surface area (Å²) in [5, 5.41) is 5.51. The Hall–Kier alpha value is -1.95. The van der Waals surface area contributed by atoms with Crippen molar-refractivity contribution in [3.05, 3.63) is 51.8 Å². The van der Waals surface area contributed by atoms with Gasteiger partial charge in [-0.25, -0.2) is 9.18 Å². The van der Waals surface area contributed by atoms with Crippen LogP contribution in [0.5, 0.6) is 0 Å². The molecule has 5 nitrogen and oxygen atoms in total. The summed E-state index contributed by atoms with van der Waals surface area (Å²) in [4.78, 5) is 11.2. The van der Waals surface area contributed by atoms with Crippen molar-refractivity contribution < 1.29 is 13.6 Å². The second-order valence-electron chi connectivity index (χ2n) is 4.00. The van der Waals surface area contributed by atoms with Gasteiger partial charge in [0.25, 0.3) is 0 Å². The van der Waals surface area contributed by atoms with E-state index in [0.29, 0.717) is 30.8 Å². The summed E-state index contributed by atoms with van der Waals surface area (Å²) in [5.74, 6) is -0.203. The highest BCUT2D eigenvalue weighted by molar-refractivity contribution is 5.17. The molecule has 0 bridgehead atoms. The van der Waals surface area contributed by atoms with Crippen molar-refractivity contribution in [2.45, 2.75) is 13.0 Å². The smallest absolute Gasteiger partial charge is 0.307 e. The molecule has 2 N–H and O–H groups in total. The number of H-pyrrole nitrogens is 1. The fraction of sp³-hybridized carbons (Fsp3) is 0.333. The van der Waals surface area contributed by atoms with Gasteiger partial charge in [-0.3, -0.25) is 4.52 Å². The molecule has 0 aliphatic carbocycles. The maximum Gasteiger partial charge on any atom is 0.431 e. The Morgan fingerprint density at radius 1 is 1.44 bits per heavy atom. The summed E-state index contributed by atoms with van der Waals surface area (Å²) in [5.41, 5.74) is 0.773. The molecule has 0 saturated heterocycles. The third-order valence-electron chi connectivity index (χ3n) is 2.74. The zero-order valence-corrected chi connectivity index (χ0v) is 10.1. The van der Waals surface area contributed by atoms with Gasteiger partial charge >= 0.3 is 11.3 Å². The van der Waals surface area contributed by atoms with Gasteiger partial charge in [-0.15, -0.1) is 0 Å². The number of benzene rings is 1. The van der Waals surface area contributed by atoms with Crippen molar-refractivity contribution in [3.63, 3.8) is 0 Å². The number of nitrogens with zero attached hydrogens (tertiary/aromatic N) is 1. The van der Waals surface area contributed by atoms with E-state index in [-0.39, 0.29) is 5.82 Å². The lowest BCUT2D eigenvalue weighted by molar-refractivity contribution is -0.746. The van der Waals surface area contributed by atoms with Crippen LogP contribution in [0, 0.1) is 5.82 Å². The molecule has 0 saturated carbocycles. The van der Waals surface area contributed by atoms with Crippen LogP contribution in [0.4, 0.5) is 4.39 Å². The molecule has 0 spiro atoms. The van der Waals surface area contributed by atoms with Crippen molar-refractivity contribution in [2.75, 3.05) is 6.54 Å². The van der Waals surface area contributed by atoms with Crippen molar-refractivity contribution >= 4 is 0 Å². The Kier molecular flexibility index (Phi) is 3.88. The summed E-state index contributed by atoms with van der Waals surface area (Å²) in [6.07, 6.45) is 0.576.